The Balaban J connectivity index is 2.62. The number of aryl methyl sites for hydroxylation is 1. The first-order chi connectivity index (χ1) is 12.3. The van der Waals surface area contributed by atoms with E-state index in [1.165, 1.54) is 0 Å². The third-order valence-electron chi connectivity index (χ3n) is 3.90. The molecule has 2 rings (SSSR count). The highest BCUT2D eigenvalue weighted by Gasteiger charge is 2.16. The summed E-state index contributed by atoms with van der Waals surface area (Å²) >= 11 is 0. The van der Waals surface area contributed by atoms with E-state index in [0.717, 1.165) is 6.42 Å². The zero-order valence-corrected chi connectivity index (χ0v) is 16.0. The second kappa shape index (κ2) is 8.46. The monoisotopic (exact) mass is 380 g/mol. The summed E-state index contributed by atoms with van der Waals surface area (Å²) in [6.45, 7) is 6.27. The first-order valence-electron chi connectivity index (χ1n) is 8.62. The van der Waals surface area contributed by atoms with Crippen LogP contribution in [-0.4, -0.2) is 29.5 Å². The van der Waals surface area contributed by atoms with Crippen LogP contribution in [0.5, 0.6) is 5.75 Å². The lowest BCUT2D eigenvalue weighted by molar-refractivity contribution is 0.318. The standard InChI is InChI=1S/C18H24N2O5S/c1-4-9-25-16-8-7-12(11-26(22,23)24)10-14(16)17-19-15(6-3)13(5-2)18(21)20-17/h7-8,10H,4-6,9,11H2,1-3H3,(H,19,20,21)(H,22,23,24). The molecule has 0 unspecified atom stereocenters. The molecule has 1 aromatic carbocycles. The SMILES string of the molecule is CCCOc1ccc(CS(=O)(=O)O)cc1-c1nc(CC)c(CC)c(=O)[nH]1. The summed E-state index contributed by atoms with van der Waals surface area (Å²) in [4.78, 5) is 19.7. The number of aromatic nitrogens is 2. The van der Waals surface area contributed by atoms with Gasteiger partial charge in [-0.15, -0.1) is 0 Å². The lowest BCUT2D eigenvalue weighted by Crippen LogP contribution is -2.18. The molecule has 0 fully saturated rings. The Morgan fingerprint density at radius 3 is 2.50 bits per heavy atom. The molecule has 142 valence electrons. The van der Waals surface area contributed by atoms with Crippen LogP contribution < -0.4 is 10.3 Å². The third-order valence-corrected chi connectivity index (χ3v) is 4.60. The van der Waals surface area contributed by atoms with E-state index in [1.807, 2.05) is 20.8 Å². The van der Waals surface area contributed by atoms with E-state index in [0.29, 0.717) is 53.4 Å². The zero-order valence-electron chi connectivity index (χ0n) is 15.2. The maximum absolute atomic E-state index is 12.4. The van der Waals surface area contributed by atoms with Crippen LogP contribution >= 0.6 is 0 Å². The molecule has 0 saturated heterocycles. The van der Waals surface area contributed by atoms with Gasteiger partial charge in [0.1, 0.15) is 17.3 Å². The van der Waals surface area contributed by atoms with Crippen molar-refractivity contribution in [3.63, 3.8) is 0 Å². The van der Waals surface area contributed by atoms with Crippen LogP contribution in [0, 0.1) is 0 Å². The van der Waals surface area contributed by atoms with Crippen molar-refractivity contribution in [2.24, 2.45) is 0 Å². The second-order valence-electron chi connectivity index (χ2n) is 5.95. The Hall–Kier alpha value is -2.19. The molecule has 2 N–H and O–H groups in total. The molecule has 0 atom stereocenters. The van der Waals surface area contributed by atoms with E-state index in [4.69, 9.17) is 9.29 Å². The fourth-order valence-corrected chi connectivity index (χ4v) is 3.33. The Kier molecular flexibility index (Phi) is 6.55. The molecule has 8 heteroatoms. The van der Waals surface area contributed by atoms with Gasteiger partial charge >= 0.3 is 0 Å². The van der Waals surface area contributed by atoms with Crippen LogP contribution in [0.1, 0.15) is 44.0 Å². The lowest BCUT2D eigenvalue weighted by Gasteiger charge is -2.14. The van der Waals surface area contributed by atoms with Crippen LogP contribution in [0.2, 0.25) is 0 Å². The maximum Gasteiger partial charge on any atom is 0.269 e. The molecule has 0 aliphatic carbocycles. The summed E-state index contributed by atoms with van der Waals surface area (Å²) in [5, 5.41) is 0. The number of hydrogen-bond acceptors (Lipinski definition) is 5. The average Bonchev–Trinajstić information content (AvgIpc) is 2.58. The average molecular weight is 380 g/mol. The van der Waals surface area contributed by atoms with Gasteiger partial charge in [-0.25, -0.2) is 4.98 Å². The van der Waals surface area contributed by atoms with E-state index >= 15 is 0 Å². The Morgan fingerprint density at radius 1 is 1.19 bits per heavy atom. The molecule has 26 heavy (non-hydrogen) atoms. The molecule has 2 aromatic rings. The molecule has 0 saturated carbocycles. The van der Waals surface area contributed by atoms with Crippen LogP contribution in [-0.2, 0) is 28.7 Å². The second-order valence-corrected chi connectivity index (χ2v) is 7.40. The van der Waals surface area contributed by atoms with Gasteiger partial charge in [0.15, 0.2) is 0 Å². The molecule has 1 heterocycles. The topological polar surface area (TPSA) is 109 Å². The molecular formula is C18H24N2O5S. The minimum atomic E-state index is -4.17. The van der Waals surface area contributed by atoms with Crippen molar-refractivity contribution in [2.75, 3.05) is 6.61 Å². The molecule has 1 aromatic heterocycles. The van der Waals surface area contributed by atoms with Gasteiger partial charge < -0.3 is 9.72 Å². The Morgan fingerprint density at radius 2 is 1.92 bits per heavy atom. The fourth-order valence-electron chi connectivity index (χ4n) is 2.73. The largest absolute Gasteiger partial charge is 0.493 e. The van der Waals surface area contributed by atoms with E-state index < -0.39 is 15.9 Å². The highest BCUT2D eigenvalue weighted by molar-refractivity contribution is 7.85. The van der Waals surface area contributed by atoms with Crippen molar-refractivity contribution >= 4 is 10.1 Å². The van der Waals surface area contributed by atoms with Gasteiger partial charge in [0.25, 0.3) is 15.7 Å². The zero-order chi connectivity index (χ0) is 19.3. The number of hydrogen-bond donors (Lipinski definition) is 2. The number of ether oxygens (including phenoxy) is 1. The van der Waals surface area contributed by atoms with Crippen molar-refractivity contribution in [2.45, 2.75) is 45.8 Å². The minimum absolute atomic E-state index is 0.212. The van der Waals surface area contributed by atoms with Gasteiger partial charge in [-0.05, 0) is 37.0 Å². The summed E-state index contributed by atoms with van der Waals surface area (Å²) in [5.74, 6) is 0.305. The van der Waals surface area contributed by atoms with Gasteiger partial charge in [-0.3, -0.25) is 9.35 Å². The first kappa shape index (κ1) is 20.1. The minimum Gasteiger partial charge on any atom is -0.493 e. The quantitative estimate of drug-likeness (QED) is 0.682. The van der Waals surface area contributed by atoms with Gasteiger partial charge in [-0.2, -0.15) is 8.42 Å². The summed E-state index contributed by atoms with van der Waals surface area (Å²) in [5.41, 5.74) is 2.01. The summed E-state index contributed by atoms with van der Waals surface area (Å²) in [6, 6.07) is 4.77. The van der Waals surface area contributed by atoms with Crippen LogP contribution in [0.25, 0.3) is 11.4 Å². The Labute approximate surface area is 153 Å². The highest BCUT2D eigenvalue weighted by Crippen LogP contribution is 2.29. The number of aromatic amines is 1. The molecule has 7 nitrogen and oxygen atoms in total. The lowest BCUT2D eigenvalue weighted by atomic mass is 10.1. The normalized spacial score (nSPS) is 11.5. The van der Waals surface area contributed by atoms with E-state index in [9.17, 15) is 13.2 Å². The number of rotatable bonds is 8. The predicted molar refractivity (Wildman–Crippen MR) is 100 cm³/mol. The number of benzene rings is 1. The predicted octanol–water partition coefficient (Wildman–Crippen LogP) is 2.74. The van der Waals surface area contributed by atoms with E-state index in [1.54, 1.807) is 18.2 Å². The third kappa shape index (κ3) is 4.92. The summed E-state index contributed by atoms with van der Waals surface area (Å²) < 4.78 is 37.2. The summed E-state index contributed by atoms with van der Waals surface area (Å²) in [7, 11) is -4.17. The fraction of sp³-hybridized carbons (Fsp3) is 0.444. The van der Waals surface area contributed by atoms with E-state index in [2.05, 4.69) is 9.97 Å². The van der Waals surface area contributed by atoms with Crippen LogP contribution in [0.4, 0.5) is 0 Å². The molecule has 0 aliphatic heterocycles. The first-order valence-corrected chi connectivity index (χ1v) is 10.2. The van der Waals surface area contributed by atoms with Gasteiger partial charge in [-0.1, -0.05) is 26.8 Å². The Bertz CT molecular complexity index is 935. The highest BCUT2D eigenvalue weighted by atomic mass is 32.2. The number of nitrogens with one attached hydrogen (secondary N) is 1. The van der Waals surface area contributed by atoms with Crippen molar-refractivity contribution in [3.05, 3.63) is 45.4 Å². The summed E-state index contributed by atoms with van der Waals surface area (Å²) in [6.07, 6.45) is 1.98. The van der Waals surface area contributed by atoms with Crippen LogP contribution in [0.15, 0.2) is 23.0 Å². The van der Waals surface area contributed by atoms with Gasteiger partial charge in [0, 0.05) is 5.56 Å². The molecular weight excluding hydrogens is 356 g/mol. The maximum atomic E-state index is 12.4. The van der Waals surface area contributed by atoms with E-state index in [-0.39, 0.29) is 5.56 Å². The molecule has 0 radical (unpaired) electrons. The molecule has 0 aliphatic rings. The van der Waals surface area contributed by atoms with Crippen molar-refractivity contribution in [3.8, 4) is 17.1 Å². The smallest absolute Gasteiger partial charge is 0.269 e. The number of H-pyrrole nitrogens is 1. The van der Waals surface area contributed by atoms with Crippen molar-refractivity contribution in [1.29, 1.82) is 0 Å². The molecule has 0 amide bonds. The van der Waals surface area contributed by atoms with Gasteiger partial charge in [0.05, 0.1) is 17.9 Å². The molecule has 0 spiro atoms. The molecule has 0 bridgehead atoms. The van der Waals surface area contributed by atoms with Crippen molar-refractivity contribution < 1.29 is 17.7 Å². The van der Waals surface area contributed by atoms with Gasteiger partial charge in [0.2, 0.25) is 0 Å². The number of nitrogens with zero attached hydrogens (tertiary/aromatic N) is 1. The van der Waals surface area contributed by atoms with Crippen molar-refractivity contribution in [1.82, 2.24) is 9.97 Å². The van der Waals surface area contributed by atoms with Crippen LogP contribution in [0.3, 0.4) is 0 Å².